The van der Waals surface area contributed by atoms with E-state index in [0.717, 1.165) is 12.0 Å². The van der Waals surface area contributed by atoms with E-state index in [-0.39, 0.29) is 18.3 Å². The summed E-state index contributed by atoms with van der Waals surface area (Å²) in [6.45, 7) is 3.52. The molecule has 0 aliphatic carbocycles. The minimum Gasteiger partial charge on any atom is -0.337 e. The number of nitrogens with zero attached hydrogens (tertiary/aromatic N) is 2. The second-order valence-corrected chi connectivity index (χ2v) is 6.55. The van der Waals surface area contributed by atoms with Gasteiger partial charge in [0.15, 0.2) is 0 Å². The third kappa shape index (κ3) is 4.93. The molecule has 1 amide bonds. The van der Waals surface area contributed by atoms with Crippen molar-refractivity contribution in [2.75, 3.05) is 19.6 Å². The Morgan fingerprint density at radius 1 is 1.10 bits per heavy atom. The molecule has 0 unspecified atom stereocenters. The van der Waals surface area contributed by atoms with E-state index in [1.807, 2.05) is 30.3 Å². The summed E-state index contributed by atoms with van der Waals surface area (Å²) in [4.78, 5) is 41.2. The van der Waals surface area contributed by atoms with Crippen LogP contribution in [0.1, 0.15) is 22.8 Å². The average molecular weight is 417 g/mol. The first kappa shape index (κ1) is 22.4. The van der Waals surface area contributed by atoms with Crippen LogP contribution in [0.15, 0.2) is 58.1 Å². The molecule has 8 heteroatoms. The third-order valence-electron chi connectivity index (χ3n) is 4.74. The SMILES string of the molecule is CCn1c(=O)c(=O)[nH]c2cc(C(=O)N(CCN)CCc3ccccc3)ccc21.Cl. The van der Waals surface area contributed by atoms with Crippen LogP contribution < -0.4 is 16.9 Å². The summed E-state index contributed by atoms with van der Waals surface area (Å²) in [5.41, 5.74) is 7.07. The smallest absolute Gasteiger partial charge is 0.316 e. The number of nitrogens with one attached hydrogen (secondary N) is 1. The zero-order chi connectivity index (χ0) is 20.1. The number of carbonyl (C=O) groups excluding carboxylic acids is 1. The van der Waals surface area contributed by atoms with Crippen molar-refractivity contribution in [2.24, 2.45) is 5.73 Å². The molecule has 0 fully saturated rings. The normalized spacial score (nSPS) is 10.6. The van der Waals surface area contributed by atoms with Gasteiger partial charge in [0.25, 0.3) is 5.91 Å². The minimum absolute atomic E-state index is 0. The number of aromatic nitrogens is 2. The fraction of sp³-hybridized carbons (Fsp3) is 0.286. The van der Waals surface area contributed by atoms with Gasteiger partial charge in [0.05, 0.1) is 11.0 Å². The molecule has 0 spiro atoms. The van der Waals surface area contributed by atoms with Crippen molar-refractivity contribution in [3.05, 3.63) is 80.4 Å². The average Bonchev–Trinajstić information content (AvgIpc) is 2.72. The highest BCUT2D eigenvalue weighted by atomic mass is 35.5. The predicted octanol–water partition coefficient (Wildman–Crippen LogP) is 1.78. The Kier molecular flexibility index (Phi) is 7.75. The molecule has 0 saturated heterocycles. The number of H-pyrrole nitrogens is 1. The van der Waals surface area contributed by atoms with Crippen LogP contribution in [0.4, 0.5) is 0 Å². The molecule has 0 aliphatic heterocycles. The second-order valence-electron chi connectivity index (χ2n) is 6.55. The molecule has 3 aromatic rings. The summed E-state index contributed by atoms with van der Waals surface area (Å²) in [6.07, 6.45) is 0.729. The lowest BCUT2D eigenvalue weighted by Gasteiger charge is -2.22. The lowest BCUT2D eigenvalue weighted by molar-refractivity contribution is 0.0762. The number of amides is 1. The maximum atomic E-state index is 13.0. The van der Waals surface area contributed by atoms with Gasteiger partial charge in [-0.1, -0.05) is 30.3 Å². The van der Waals surface area contributed by atoms with E-state index >= 15 is 0 Å². The first-order valence-electron chi connectivity index (χ1n) is 9.35. The number of hydrogen-bond acceptors (Lipinski definition) is 4. The number of aryl methyl sites for hydroxylation is 1. The minimum atomic E-state index is -0.693. The van der Waals surface area contributed by atoms with E-state index in [4.69, 9.17) is 5.73 Å². The van der Waals surface area contributed by atoms with Gasteiger partial charge in [-0.2, -0.15) is 0 Å². The van der Waals surface area contributed by atoms with Gasteiger partial charge in [0.1, 0.15) is 0 Å². The Morgan fingerprint density at radius 2 is 1.83 bits per heavy atom. The lowest BCUT2D eigenvalue weighted by atomic mass is 10.1. The highest BCUT2D eigenvalue weighted by molar-refractivity contribution is 5.97. The summed E-state index contributed by atoms with van der Waals surface area (Å²) < 4.78 is 1.40. The highest BCUT2D eigenvalue weighted by Gasteiger charge is 2.17. The van der Waals surface area contributed by atoms with Crippen LogP contribution in [0.2, 0.25) is 0 Å². The fourth-order valence-corrected chi connectivity index (χ4v) is 3.29. The molecule has 0 bridgehead atoms. The van der Waals surface area contributed by atoms with E-state index in [9.17, 15) is 14.4 Å². The Hall–Kier alpha value is -2.90. The zero-order valence-electron chi connectivity index (χ0n) is 16.3. The van der Waals surface area contributed by atoms with E-state index < -0.39 is 11.1 Å². The molecular formula is C21H25ClN4O3. The molecule has 0 saturated carbocycles. The molecule has 0 aliphatic rings. The zero-order valence-corrected chi connectivity index (χ0v) is 17.1. The van der Waals surface area contributed by atoms with Gasteiger partial charge >= 0.3 is 11.1 Å². The monoisotopic (exact) mass is 416 g/mol. The molecule has 0 atom stereocenters. The molecule has 3 rings (SSSR count). The maximum absolute atomic E-state index is 13.0. The first-order chi connectivity index (χ1) is 13.5. The summed E-state index contributed by atoms with van der Waals surface area (Å²) in [5, 5.41) is 0. The number of aromatic amines is 1. The fourth-order valence-electron chi connectivity index (χ4n) is 3.29. The van der Waals surface area contributed by atoms with E-state index in [1.54, 1.807) is 30.0 Å². The van der Waals surface area contributed by atoms with Gasteiger partial charge in [0, 0.05) is 31.7 Å². The first-order valence-corrected chi connectivity index (χ1v) is 9.35. The largest absolute Gasteiger partial charge is 0.337 e. The topological polar surface area (TPSA) is 101 Å². The van der Waals surface area contributed by atoms with Crippen LogP contribution in [0.25, 0.3) is 11.0 Å². The Morgan fingerprint density at radius 3 is 2.48 bits per heavy atom. The molecule has 29 heavy (non-hydrogen) atoms. The van der Waals surface area contributed by atoms with Crippen molar-refractivity contribution in [2.45, 2.75) is 19.9 Å². The molecular weight excluding hydrogens is 392 g/mol. The van der Waals surface area contributed by atoms with Gasteiger partial charge in [-0.25, -0.2) is 0 Å². The number of benzene rings is 2. The van der Waals surface area contributed by atoms with Crippen molar-refractivity contribution in [1.82, 2.24) is 14.5 Å². The molecule has 3 N–H and O–H groups in total. The van der Waals surface area contributed by atoms with Crippen LogP contribution in [0.5, 0.6) is 0 Å². The number of halogens is 1. The summed E-state index contributed by atoms with van der Waals surface area (Å²) in [6, 6.07) is 14.9. The molecule has 2 aromatic carbocycles. The van der Waals surface area contributed by atoms with Crippen molar-refractivity contribution < 1.29 is 4.79 Å². The predicted molar refractivity (Wildman–Crippen MR) is 117 cm³/mol. The van der Waals surface area contributed by atoms with Gasteiger partial charge < -0.3 is 20.2 Å². The Labute approximate surface area is 174 Å². The summed E-state index contributed by atoms with van der Waals surface area (Å²) in [5.74, 6) is -0.154. The number of nitrogens with two attached hydrogens (primary N) is 1. The molecule has 0 radical (unpaired) electrons. The van der Waals surface area contributed by atoms with Crippen LogP contribution in [-0.4, -0.2) is 40.0 Å². The molecule has 1 aromatic heterocycles. The lowest BCUT2D eigenvalue weighted by Crippen LogP contribution is -2.37. The molecule has 7 nitrogen and oxygen atoms in total. The van der Waals surface area contributed by atoms with Crippen LogP contribution >= 0.6 is 12.4 Å². The quantitative estimate of drug-likeness (QED) is 0.573. The third-order valence-corrected chi connectivity index (χ3v) is 4.74. The maximum Gasteiger partial charge on any atom is 0.316 e. The van der Waals surface area contributed by atoms with E-state index in [1.165, 1.54) is 4.57 Å². The van der Waals surface area contributed by atoms with Crippen molar-refractivity contribution in [3.63, 3.8) is 0 Å². The summed E-state index contributed by atoms with van der Waals surface area (Å²) in [7, 11) is 0. The standard InChI is InChI=1S/C21H24N4O3.ClH/c1-2-25-18-9-8-16(14-17(18)23-19(26)21(25)28)20(27)24(13-11-22)12-10-15-6-4-3-5-7-15;/h3-9,14H,2,10-13,22H2,1H3,(H,23,26);1H. The van der Waals surface area contributed by atoms with Crippen LogP contribution in [0.3, 0.4) is 0 Å². The Bertz CT molecular complexity index is 1090. The number of fused-ring (bicyclic) bond motifs is 1. The number of hydrogen-bond donors (Lipinski definition) is 2. The number of rotatable bonds is 7. The molecule has 154 valence electrons. The van der Waals surface area contributed by atoms with Crippen LogP contribution in [-0.2, 0) is 13.0 Å². The highest BCUT2D eigenvalue weighted by Crippen LogP contribution is 2.14. The van der Waals surface area contributed by atoms with Crippen molar-refractivity contribution >= 4 is 29.3 Å². The van der Waals surface area contributed by atoms with Gasteiger partial charge in [-0.3, -0.25) is 14.4 Å². The van der Waals surface area contributed by atoms with Crippen molar-refractivity contribution in [3.8, 4) is 0 Å². The van der Waals surface area contributed by atoms with Crippen molar-refractivity contribution in [1.29, 1.82) is 0 Å². The van der Waals surface area contributed by atoms with E-state index in [0.29, 0.717) is 42.8 Å². The van der Waals surface area contributed by atoms with Crippen LogP contribution in [0, 0.1) is 0 Å². The second kappa shape index (κ2) is 10.0. The molecule has 1 heterocycles. The number of carbonyl (C=O) groups is 1. The van der Waals surface area contributed by atoms with Gasteiger partial charge in [0.2, 0.25) is 0 Å². The summed E-state index contributed by atoms with van der Waals surface area (Å²) >= 11 is 0. The van der Waals surface area contributed by atoms with Gasteiger partial charge in [-0.05, 0) is 37.1 Å². The van der Waals surface area contributed by atoms with Gasteiger partial charge in [-0.15, -0.1) is 12.4 Å². The Balaban J connectivity index is 0.00000300. The van der Waals surface area contributed by atoms with E-state index in [2.05, 4.69) is 4.98 Å².